The highest BCUT2D eigenvalue weighted by Gasteiger charge is 2.00. The largest absolute Gasteiger partial charge is 0.365 e. The van der Waals surface area contributed by atoms with Crippen LogP contribution in [0.15, 0.2) is 72.8 Å². The summed E-state index contributed by atoms with van der Waals surface area (Å²) in [6.07, 6.45) is 0. The van der Waals surface area contributed by atoms with E-state index in [2.05, 4.69) is 27.6 Å². The Balaban J connectivity index is 1.68. The second kappa shape index (κ2) is 5.97. The van der Waals surface area contributed by atoms with Gasteiger partial charge in [-0.1, -0.05) is 60.7 Å². The lowest BCUT2D eigenvalue weighted by Gasteiger charge is -2.05. The van der Waals surface area contributed by atoms with Crippen molar-refractivity contribution in [3.63, 3.8) is 0 Å². The Labute approximate surface area is 118 Å². The van der Waals surface area contributed by atoms with Gasteiger partial charge >= 0.3 is 0 Å². The van der Waals surface area contributed by atoms with Crippen molar-refractivity contribution < 1.29 is 0 Å². The molecule has 0 fully saturated rings. The Kier molecular flexibility index (Phi) is 3.69. The third-order valence-electron chi connectivity index (χ3n) is 3.05. The molecule has 0 unspecified atom stereocenters. The molecule has 3 aromatic rings. The lowest BCUT2D eigenvalue weighted by Crippen LogP contribution is -2.02. The van der Waals surface area contributed by atoms with Crippen molar-refractivity contribution in [3.05, 3.63) is 78.4 Å². The van der Waals surface area contributed by atoms with E-state index in [4.69, 9.17) is 0 Å². The molecule has 3 heteroatoms. The minimum absolute atomic E-state index is 0.750. The molecule has 0 amide bonds. The van der Waals surface area contributed by atoms with Crippen molar-refractivity contribution in [2.75, 3.05) is 5.32 Å². The van der Waals surface area contributed by atoms with Gasteiger partial charge in [0.25, 0.3) is 0 Å². The van der Waals surface area contributed by atoms with Crippen LogP contribution in [-0.4, -0.2) is 10.2 Å². The first kappa shape index (κ1) is 12.4. The summed E-state index contributed by atoms with van der Waals surface area (Å²) >= 11 is 0. The average molecular weight is 261 g/mol. The molecule has 1 N–H and O–H groups in total. The number of hydrogen-bond acceptors (Lipinski definition) is 3. The van der Waals surface area contributed by atoms with E-state index in [0.29, 0.717) is 0 Å². The quantitative estimate of drug-likeness (QED) is 0.777. The number of anilines is 1. The van der Waals surface area contributed by atoms with Crippen LogP contribution in [0.3, 0.4) is 0 Å². The molecule has 0 radical (unpaired) electrons. The van der Waals surface area contributed by atoms with Gasteiger partial charge in [-0.25, -0.2) is 0 Å². The van der Waals surface area contributed by atoms with E-state index in [1.807, 2.05) is 60.7 Å². The molecule has 1 heterocycles. The van der Waals surface area contributed by atoms with Gasteiger partial charge in [0.15, 0.2) is 0 Å². The third kappa shape index (κ3) is 3.01. The lowest BCUT2D eigenvalue weighted by atomic mass is 10.1. The fourth-order valence-electron chi connectivity index (χ4n) is 1.98. The van der Waals surface area contributed by atoms with Crippen LogP contribution >= 0.6 is 0 Å². The van der Waals surface area contributed by atoms with Gasteiger partial charge in [0.1, 0.15) is 5.82 Å². The van der Waals surface area contributed by atoms with E-state index in [-0.39, 0.29) is 0 Å². The fourth-order valence-corrected chi connectivity index (χ4v) is 1.98. The van der Waals surface area contributed by atoms with Gasteiger partial charge in [-0.3, -0.25) is 0 Å². The Morgan fingerprint density at radius 2 is 1.40 bits per heavy atom. The summed E-state index contributed by atoms with van der Waals surface area (Å²) in [7, 11) is 0. The summed E-state index contributed by atoms with van der Waals surface area (Å²) in [6.45, 7) is 0.750. The van der Waals surface area contributed by atoms with Gasteiger partial charge in [0.2, 0.25) is 0 Å². The van der Waals surface area contributed by atoms with Gasteiger partial charge in [-0.2, -0.15) is 0 Å². The number of aromatic nitrogens is 2. The molecule has 3 rings (SSSR count). The van der Waals surface area contributed by atoms with Gasteiger partial charge in [0, 0.05) is 12.1 Å². The smallest absolute Gasteiger partial charge is 0.148 e. The van der Waals surface area contributed by atoms with Gasteiger partial charge in [-0.05, 0) is 17.7 Å². The molecule has 98 valence electrons. The SMILES string of the molecule is c1ccc(CNc2ccc(-c3ccccc3)nn2)cc1. The molecular weight excluding hydrogens is 246 g/mol. The van der Waals surface area contributed by atoms with E-state index in [9.17, 15) is 0 Å². The molecule has 0 aliphatic carbocycles. The fraction of sp³-hybridized carbons (Fsp3) is 0.0588. The monoisotopic (exact) mass is 261 g/mol. The Morgan fingerprint density at radius 1 is 0.700 bits per heavy atom. The van der Waals surface area contributed by atoms with Crippen molar-refractivity contribution in [2.24, 2.45) is 0 Å². The van der Waals surface area contributed by atoms with Crippen molar-refractivity contribution in [2.45, 2.75) is 6.54 Å². The van der Waals surface area contributed by atoms with Crippen LogP contribution in [0.2, 0.25) is 0 Å². The molecule has 0 spiro atoms. The Hall–Kier alpha value is -2.68. The molecule has 0 saturated carbocycles. The number of rotatable bonds is 4. The molecular formula is C17H15N3. The zero-order valence-electron chi connectivity index (χ0n) is 11.0. The number of hydrogen-bond donors (Lipinski definition) is 1. The molecule has 1 aromatic heterocycles. The standard InChI is InChI=1S/C17H15N3/c1-3-7-14(8-4-1)13-18-17-12-11-16(19-20-17)15-9-5-2-6-10-15/h1-12H,13H2,(H,18,20). The highest BCUT2D eigenvalue weighted by atomic mass is 15.2. The highest BCUT2D eigenvalue weighted by molar-refractivity contribution is 5.59. The first-order valence-corrected chi connectivity index (χ1v) is 6.59. The zero-order valence-corrected chi connectivity index (χ0v) is 11.0. The summed E-state index contributed by atoms with van der Waals surface area (Å²) in [5.74, 6) is 0.786. The predicted molar refractivity (Wildman–Crippen MR) is 81.2 cm³/mol. The second-order valence-electron chi connectivity index (χ2n) is 4.51. The van der Waals surface area contributed by atoms with Crippen LogP contribution < -0.4 is 5.32 Å². The third-order valence-corrected chi connectivity index (χ3v) is 3.05. The summed E-state index contributed by atoms with van der Waals surface area (Å²) in [4.78, 5) is 0. The first-order valence-electron chi connectivity index (χ1n) is 6.59. The van der Waals surface area contributed by atoms with Crippen LogP contribution in [0, 0.1) is 0 Å². The normalized spacial score (nSPS) is 10.2. The molecule has 20 heavy (non-hydrogen) atoms. The molecule has 0 bridgehead atoms. The maximum Gasteiger partial charge on any atom is 0.148 e. The Bertz CT molecular complexity index is 649. The van der Waals surface area contributed by atoms with E-state index in [1.165, 1.54) is 5.56 Å². The van der Waals surface area contributed by atoms with Crippen LogP contribution in [0.1, 0.15) is 5.56 Å². The molecule has 0 aliphatic rings. The molecule has 0 atom stereocenters. The van der Waals surface area contributed by atoms with E-state index in [1.54, 1.807) is 0 Å². The zero-order chi connectivity index (χ0) is 13.6. The minimum atomic E-state index is 0.750. The highest BCUT2D eigenvalue weighted by Crippen LogP contribution is 2.16. The molecule has 0 saturated heterocycles. The first-order chi connectivity index (χ1) is 9.92. The number of benzene rings is 2. The van der Waals surface area contributed by atoms with Gasteiger partial charge < -0.3 is 5.32 Å². The van der Waals surface area contributed by atoms with Crippen LogP contribution in [0.4, 0.5) is 5.82 Å². The number of nitrogens with one attached hydrogen (secondary N) is 1. The van der Waals surface area contributed by atoms with Gasteiger partial charge in [0.05, 0.1) is 5.69 Å². The van der Waals surface area contributed by atoms with E-state index in [0.717, 1.165) is 23.6 Å². The van der Waals surface area contributed by atoms with Crippen LogP contribution in [0.25, 0.3) is 11.3 Å². The summed E-state index contributed by atoms with van der Waals surface area (Å²) < 4.78 is 0. The maximum absolute atomic E-state index is 4.25. The van der Waals surface area contributed by atoms with Crippen molar-refractivity contribution in [3.8, 4) is 11.3 Å². The van der Waals surface area contributed by atoms with Crippen LogP contribution in [0.5, 0.6) is 0 Å². The Morgan fingerprint density at radius 3 is 2.05 bits per heavy atom. The summed E-state index contributed by atoms with van der Waals surface area (Å²) in [5, 5.41) is 11.7. The van der Waals surface area contributed by atoms with Crippen LogP contribution in [-0.2, 0) is 6.54 Å². The van der Waals surface area contributed by atoms with E-state index >= 15 is 0 Å². The van der Waals surface area contributed by atoms with Gasteiger partial charge in [-0.15, -0.1) is 10.2 Å². The van der Waals surface area contributed by atoms with Crippen molar-refractivity contribution in [1.29, 1.82) is 0 Å². The molecule has 3 nitrogen and oxygen atoms in total. The molecule has 0 aliphatic heterocycles. The summed E-state index contributed by atoms with van der Waals surface area (Å²) in [5.41, 5.74) is 3.19. The molecule has 2 aromatic carbocycles. The number of nitrogens with zero attached hydrogens (tertiary/aromatic N) is 2. The van der Waals surface area contributed by atoms with Crippen molar-refractivity contribution in [1.82, 2.24) is 10.2 Å². The van der Waals surface area contributed by atoms with E-state index < -0.39 is 0 Å². The predicted octanol–water partition coefficient (Wildman–Crippen LogP) is 3.76. The topological polar surface area (TPSA) is 37.8 Å². The van der Waals surface area contributed by atoms with Crippen molar-refractivity contribution >= 4 is 5.82 Å². The summed E-state index contributed by atoms with van der Waals surface area (Å²) in [6, 6.07) is 24.2. The lowest BCUT2D eigenvalue weighted by molar-refractivity contribution is 1.01. The second-order valence-corrected chi connectivity index (χ2v) is 4.51. The average Bonchev–Trinajstić information content (AvgIpc) is 2.55. The maximum atomic E-state index is 4.25. The minimum Gasteiger partial charge on any atom is -0.365 e.